The summed E-state index contributed by atoms with van der Waals surface area (Å²) in [5, 5.41) is 17.8. The maximum absolute atomic E-state index is 12.1. The number of amides is 1. The first-order valence-electron chi connectivity index (χ1n) is 9.09. The first-order valence-corrected chi connectivity index (χ1v) is 9.09. The Morgan fingerprint density at radius 3 is 3.14 bits per heavy atom. The van der Waals surface area contributed by atoms with Crippen molar-refractivity contribution in [2.24, 2.45) is 0 Å². The number of pyridine rings is 1. The summed E-state index contributed by atoms with van der Waals surface area (Å²) in [5.74, 6) is 0.381. The van der Waals surface area contributed by atoms with E-state index >= 15 is 0 Å². The van der Waals surface area contributed by atoms with Crippen LogP contribution in [0.15, 0.2) is 30.9 Å². The van der Waals surface area contributed by atoms with Crippen LogP contribution in [0.3, 0.4) is 0 Å². The minimum Gasteiger partial charge on any atom is -0.493 e. The Morgan fingerprint density at radius 2 is 2.29 bits per heavy atom. The molecule has 0 radical (unpaired) electrons. The van der Waals surface area contributed by atoms with Crippen LogP contribution in [-0.4, -0.2) is 67.3 Å². The summed E-state index contributed by atoms with van der Waals surface area (Å²) in [6, 6.07) is 1.74. The van der Waals surface area contributed by atoms with Gasteiger partial charge in [0.1, 0.15) is 0 Å². The minimum atomic E-state index is -0.166. The topological polar surface area (TPSA) is 118 Å². The van der Waals surface area contributed by atoms with Crippen molar-refractivity contribution in [3.05, 3.63) is 30.9 Å². The Balaban J connectivity index is 1.48. The third kappa shape index (κ3) is 3.72. The van der Waals surface area contributed by atoms with Gasteiger partial charge in [0, 0.05) is 19.3 Å². The average Bonchev–Trinajstić information content (AvgIpc) is 3.17. The van der Waals surface area contributed by atoms with Gasteiger partial charge in [0.25, 0.3) is 0 Å². The Bertz CT molecular complexity index is 990. The van der Waals surface area contributed by atoms with E-state index in [9.17, 15) is 9.90 Å². The molecule has 0 saturated carbocycles. The number of hydrogen-bond donors (Lipinski definition) is 2. The predicted octanol–water partition coefficient (Wildman–Crippen LogP) is 1.10. The summed E-state index contributed by atoms with van der Waals surface area (Å²) in [5.41, 5.74) is 0.489. The van der Waals surface area contributed by atoms with Crippen LogP contribution in [-0.2, 0) is 4.79 Å². The summed E-state index contributed by atoms with van der Waals surface area (Å²) in [6.45, 7) is 1.71. The van der Waals surface area contributed by atoms with Gasteiger partial charge in [-0.2, -0.15) is 15.1 Å². The minimum absolute atomic E-state index is 0.0204. The smallest absolute Gasteiger partial charge is 0.326 e. The number of likely N-dealkylation sites (tertiary alicyclic amines) is 1. The van der Waals surface area contributed by atoms with E-state index in [1.54, 1.807) is 36.4 Å². The molecule has 1 saturated heterocycles. The molecular weight excluding hydrogens is 362 g/mol. The van der Waals surface area contributed by atoms with E-state index in [1.165, 1.54) is 6.20 Å². The molecule has 28 heavy (non-hydrogen) atoms. The van der Waals surface area contributed by atoms with Gasteiger partial charge >= 0.3 is 6.01 Å². The average molecular weight is 383 g/mol. The molecule has 4 heterocycles. The van der Waals surface area contributed by atoms with Gasteiger partial charge in [-0.1, -0.05) is 0 Å². The quantitative estimate of drug-likeness (QED) is 0.672. The SMILES string of the molecule is CNCC(=O)N1CCC[C@H](n2cc(Oc3nc(O)c4ccncc4n3)cn2)C1. The molecule has 1 atom stereocenters. The molecule has 1 aliphatic heterocycles. The Morgan fingerprint density at radius 1 is 1.39 bits per heavy atom. The van der Waals surface area contributed by atoms with E-state index in [4.69, 9.17) is 4.74 Å². The van der Waals surface area contributed by atoms with Crippen molar-refractivity contribution in [3.63, 3.8) is 0 Å². The molecule has 10 heteroatoms. The van der Waals surface area contributed by atoms with Crippen LogP contribution in [0.25, 0.3) is 10.9 Å². The monoisotopic (exact) mass is 383 g/mol. The van der Waals surface area contributed by atoms with Gasteiger partial charge in [-0.25, -0.2) is 0 Å². The number of hydrogen-bond acceptors (Lipinski definition) is 8. The van der Waals surface area contributed by atoms with Gasteiger partial charge in [0.15, 0.2) is 5.75 Å². The predicted molar refractivity (Wildman–Crippen MR) is 100 cm³/mol. The zero-order chi connectivity index (χ0) is 19.5. The van der Waals surface area contributed by atoms with E-state index in [1.807, 2.05) is 4.90 Å². The standard InChI is InChI=1S/C18H21N7O3/c1-19-9-16(26)24-6-2-3-12(10-24)25-11-13(7-21-25)28-18-22-15-8-20-5-4-14(15)17(27)23-18/h4-5,7-8,11-12,19H,2-3,6,9-10H2,1H3,(H,22,23,27)/t12-/m0/s1. The molecule has 3 aromatic heterocycles. The summed E-state index contributed by atoms with van der Waals surface area (Å²) in [6.07, 6.45) is 8.28. The number of nitrogens with one attached hydrogen (secondary N) is 1. The maximum Gasteiger partial charge on any atom is 0.326 e. The van der Waals surface area contributed by atoms with Crippen LogP contribution in [0.2, 0.25) is 0 Å². The summed E-state index contributed by atoms with van der Waals surface area (Å²) in [4.78, 5) is 26.2. The van der Waals surface area contributed by atoms with Crippen LogP contribution in [0.1, 0.15) is 18.9 Å². The van der Waals surface area contributed by atoms with Crippen LogP contribution >= 0.6 is 0 Å². The Kier molecular flexibility index (Phi) is 5.02. The molecular formula is C18H21N7O3. The number of nitrogens with zero attached hydrogens (tertiary/aromatic N) is 6. The van der Waals surface area contributed by atoms with Crippen LogP contribution < -0.4 is 10.1 Å². The number of aromatic nitrogens is 5. The number of likely N-dealkylation sites (N-methyl/N-ethyl adjacent to an activating group) is 1. The second-order valence-corrected chi connectivity index (χ2v) is 6.65. The van der Waals surface area contributed by atoms with Crippen molar-refractivity contribution in [2.75, 3.05) is 26.7 Å². The van der Waals surface area contributed by atoms with Crippen molar-refractivity contribution >= 4 is 16.8 Å². The molecule has 3 aromatic rings. The lowest BCUT2D eigenvalue weighted by molar-refractivity contribution is -0.131. The lowest BCUT2D eigenvalue weighted by Crippen LogP contribution is -2.44. The normalized spacial score (nSPS) is 17.0. The van der Waals surface area contributed by atoms with E-state index in [-0.39, 0.29) is 23.8 Å². The maximum atomic E-state index is 12.1. The number of piperidine rings is 1. The largest absolute Gasteiger partial charge is 0.493 e. The third-order valence-corrected chi connectivity index (χ3v) is 4.70. The van der Waals surface area contributed by atoms with Gasteiger partial charge in [0.2, 0.25) is 11.8 Å². The van der Waals surface area contributed by atoms with Crippen molar-refractivity contribution in [1.82, 2.24) is 34.9 Å². The fraction of sp³-hybridized carbons (Fsp3) is 0.389. The highest BCUT2D eigenvalue weighted by molar-refractivity contribution is 5.82. The van der Waals surface area contributed by atoms with E-state index in [0.717, 1.165) is 19.4 Å². The number of aromatic hydroxyl groups is 1. The molecule has 0 bridgehead atoms. The van der Waals surface area contributed by atoms with E-state index in [0.29, 0.717) is 29.7 Å². The highest BCUT2D eigenvalue weighted by Gasteiger charge is 2.25. The molecule has 1 fully saturated rings. The molecule has 0 aliphatic carbocycles. The summed E-state index contributed by atoms with van der Waals surface area (Å²) >= 11 is 0. The Hall–Kier alpha value is -3.27. The fourth-order valence-electron chi connectivity index (χ4n) is 3.33. The number of fused-ring (bicyclic) bond motifs is 1. The first kappa shape index (κ1) is 18.1. The molecule has 4 rings (SSSR count). The van der Waals surface area contributed by atoms with Gasteiger partial charge in [-0.05, 0) is 26.0 Å². The van der Waals surface area contributed by atoms with Gasteiger partial charge < -0.3 is 20.1 Å². The molecule has 1 aliphatic rings. The van der Waals surface area contributed by atoms with Gasteiger partial charge in [-0.3, -0.25) is 14.5 Å². The fourth-order valence-corrected chi connectivity index (χ4v) is 3.33. The van der Waals surface area contributed by atoms with Gasteiger partial charge in [-0.15, -0.1) is 0 Å². The summed E-state index contributed by atoms with van der Waals surface area (Å²) in [7, 11) is 1.76. The lowest BCUT2D eigenvalue weighted by Gasteiger charge is -2.32. The molecule has 0 unspecified atom stereocenters. The van der Waals surface area contributed by atoms with Crippen LogP contribution in [0.5, 0.6) is 17.6 Å². The highest BCUT2D eigenvalue weighted by Crippen LogP contribution is 2.27. The molecule has 0 aromatic carbocycles. The van der Waals surface area contributed by atoms with Crippen molar-refractivity contribution in [3.8, 4) is 17.6 Å². The zero-order valence-electron chi connectivity index (χ0n) is 15.4. The second-order valence-electron chi connectivity index (χ2n) is 6.65. The number of ether oxygens (including phenoxy) is 1. The van der Waals surface area contributed by atoms with E-state index < -0.39 is 0 Å². The highest BCUT2D eigenvalue weighted by atomic mass is 16.5. The van der Waals surface area contributed by atoms with Crippen LogP contribution in [0, 0.1) is 0 Å². The number of carbonyl (C=O) groups is 1. The lowest BCUT2D eigenvalue weighted by atomic mass is 10.1. The third-order valence-electron chi connectivity index (χ3n) is 4.70. The molecule has 10 nitrogen and oxygen atoms in total. The van der Waals surface area contributed by atoms with E-state index in [2.05, 4.69) is 25.4 Å². The van der Waals surface area contributed by atoms with Crippen molar-refractivity contribution in [2.45, 2.75) is 18.9 Å². The second kappa shape index (κ2) is 7.77. The van der Waals surface area contributed by atoms with Gasteiger partial charge in [0.05, 0.1) is 42.1 Å². The number of rotatable bonds is 5. The molecule has 1 amide bonds. The molecule has 2 N–H and O–H groups in total. The first-order chi connectivity index (χ1) is 13.6. The summed E-state index contributed by atoms with van der Waals surface area (Å²) < 4.78 is 7.47. The van der Waals surface area contributed by atoms with Crippen molar-refractivity contribution in [1.29, 1.82) is 0 Å². The zero-order valence-corrected chi connectivity index (χ0v) is 15.4. The molecule has 146 valence electrons. The number of carbonyl (C=O) groups excluding carboxylic acids is 1. The molecule has 0 spiro atoms. The Labute approximate surface area is 161 Å². The van der Waals surface area contributed by atoms with Crippen molar-refractivity contribution < 1.29 is 14.6 Å². The van der Waals surface area contributed by atoms with Crippen LogP contribution in [0.4, 0.5) is 0 Å².